The molecule has 3 heterocycles. The molecule has 10 heteroatoms. The Morgan fingerprint density at radius 1 is 1.26 bits per heavy atom. The first-order valence-electron chi connectivity index (χ1n) is 11.4. The van der Waals surface area contributed by atoms with Gasteiger partial charge in [0.1, 0.15) is 17.3 Å². The molecule has 0 bridgehead atoms. The van der Waals surface area contributed by atoms with Gasteiger partial charge < -0.3 is 11.1 Å². The number of benzene rings is 1. The molecule has 1 spiro atoms. The quantitative estimate of drug-likeness (QED) is 0.587. The third-order valence-electron chi connectivity index (χ3n) is 6.57. The van der Waals surface area contributed by atoms with Crippen molar-refractivity contribution < 1.29 is 9.59 Å². The maximum atomic E-state index is 13.9. The number of nitrogens with two attached hydrogens (primary N) is 1. The zero-order chi connectivity index (χ0) is 25.3. The number of carbonyl (C=O) groups excluding carboxylic acids is 2. The van der Waals surface area contributed by atoms with Crippen LogP contribution >= 0.6 is 23.1 Å². The molecular formula is C25H26N6O2S2. The van der Waals surface area contributed by atoms with Crippen LogP contribution in [0.1, 0.15) is 51.7 Å². The minimum atomic E-state index is -1.58. The van der Waals surface area contributed by atoms with Crippen molar-refractivity contribution in [3.8, 4) is 6.07 Å². The number of Topliss-reactive ketones (excluding diaryl/α,β-unsaturated/α-hetero) is 1. The average Bonchev–Trinajstić information content (AvgIpc) is 3.30. The molecule has 0 fully saturated rings. The van der Waals surface area contributed by atoms with E-state index >= 15 is 0 Å². The summed E-state index contributed by atoms with van der Waals surface area (Å²) in [4.78, 5) is 29.3. The van der Waals surface area contributed by atoms with E-state index in [0.717, 1.165) is 9.90 Å². The number of hydrogen-bond acceptors (Lipinski definition) is 9. The molecule has 1 aromatic carbocycles. The normalized spacial score (nSPS) is 23.1. The van der Waals surface area contributed by atoms with Crippen LogP contribution in [-0.2, 0) is 15.0 Å². The lowest BCUT2D eigenvalue weighted by molar-refractivity contribution is -0.123. The van der Waals surface area contributed by atoms with Gasteiger partial charge in [0.15, 0.2) is 10.1 Å². The van der Waals surface area contributed by atoms with E-state index in [1.54, 1.807) is 16.7 Å². The molecule has 180 valence electrons. The van der Waals surface area contributed by atoms with Crippen molar-refractivity contribution in [2.45, 2.75) is 62.5 Å². The van der Waals surface area contributed by atoms with Crippen molar-refractivity contribution >= 4 is 45.6 Å². The Labute approximate surface area is 212 Å². The third kappa shape index (κ3) is 3.40. The highest BCUT2D eigenvalue weighted by Crippen LogP contribution is 2.57. The predicted molar refractivity (Wildman–Crippen MR) is 137 cm³/mol. The first-order valence-corrected chi connectivity index (χ1v) is 13.1. The van der Waals surface area contributed by atoms with Gasteiger partial charge in [-0.25, -0.2) is 0 Å². The predicted octanol–water partition coefficient (Wildman–Crippen LogP) is 4.39. The van der Waals surface area contributed by atoms with Crippen molar-refractivity contribution in [2.75, 3.05) is 10.2 Å². The van der Waals surface area contributed by atoms with Crippen LogP contribution in [0.5, 0.6) is 0 Å². The zero-order valence-electron chi connectivity index (χ0n) is 20.2. The van der Waals surface area contributed by atoms with E-state index in [-0.39, 0.29) is 29.0 Å². The van der Waals surface area contributed by atoms with E-state index in [4.69, 9.17) is 5.73 Å². The Bertz CT molecular complexity index is 1400. The number of thioether (sulfide) groups is 1. The molecule has 1 atom stereocenters. The van der Waals surface area contributed by atoms with Crippen LogP contribution in [0.15, 0.2) is 45.2 Å². The van der Waals surface area contributed by atoms with Crippen molar-refractivity contribution in [1.82, 2.24) is 10.2 Å². The molecule has 8 nitrogen and oxygen atoms in total. The molecule has 3 N–H and O–H groups in total. The first-order chi connectivity index (χ1) is 16.5. The Morgan fingerprint density at radius 3 is 2.69 bits per heavy atom. The molecular weight excluding hydrogens is 480 g/mol. The fraction of sp³-hybridized carbons (Fsp3) is 0.400. The number of fused-ring (bicyclic) bond motifs is 3. The summed E-state index contributed by atoms with van der Waals surface area (Å²) in [6.07, 6.45) is 0.759. The van der Waals surface area contributed by atoms with Crippen LogP contribution < -0.4 is 16.0 Å². The molecule has 1 aromatic heterocycles. The second-order valence-corrected chi connectivity index (χ2v) is 13.0. The van der Waals surface area contributed by atoms with Crippen LogP contribution in [0.3, 0.4) is 0 Å². The van der Waals surface area contributed by atoms with E-state index in [2.05, 4.69) is 35.4 Å². The van der Waals surface area contributed by atoms with Gasteiger partial charge in [0.25, 0.3) is 0 Å². The highest BCUT2D eigenvalue weighted by atomic mass is 32.2. The van der Waals surface area contributed by atoms with Gasteiger partial charge in [-0.1, -0.05) is 68.5 Å². The van der Waals surface area contributed by atoms with Crippen molar-refractivity contribution in [3.05, 3.63) is 52.0 Å². The zero-order valence-corrected chi connectivity index (χ0v) is 21.9. The molecule has 1 amide bonds. The van der Waals surface area contributed by atoms with Crippen molar-refractivity contribution in [3.63, 3.8) is 0 Å². The molecule has 0 radical (unpaired) electrons. The topological polar surface area (TPSA) is 125 Å². The van der Waals surface area contributed by atoms with E-state index in [1.165, 1.54) is 11.3 Å². The van der Waals surface area contributed by atoms with Gasteiger partial charge >= 0.3 is 0 Å². The number of nitrogens with one attached hydrogen (secondary N) is 1. The summed E-state index contributed by atoms with van der Waals surface area (Å²) in [6.45, 7) is 10.1. The summed E-state index contributed by atoms with van der Waals surface area (Å²) in [6, 6.07) is 7.78. The number of aryl methyl sites for hydroxylation is 1. The highest BCUT2D eigenvalue weighted by molar-refractivity contribution is 8.01. The molecule has 3 aliphatic rings. The molecule has 35 heavy (non-hydrogen) atoms. The van der Waals surface area contributed by atoms with Gasteiger partial charge in [0, 0.05) is 34.2 Å². The molecule has 2 aromatic rings. The third-order valence-corrected chi connectivity index (χ3v) is 8.57. The minimum Gasteiger partial charge on any atom is -0.384 e. The molecule has 0 saturated heterocycles. The fourth-order valence-electron chi connectivity index (χ4n) is 5.29. The summed E-state index contributed by atoms with van der Waals surface area (Å²) in [5.74, 6) is -0.475. The second kappa shape index (κ2) is 7.93. The van der Waals surface area contributed by atoms with E-state index < -0.39 is 11.3 Å². The van der Waals surface area contributed by atoms with Gasteiger partial charge in [-0.2, -0.15) is 5.26 Å². The lowest BCUT2D eigenvalue weighted by Gasteiger charge is -2.45. The smallest absolute Gasteiger partial charge is 0.245 e. The Morgan fingerprint density at radius 2 is 2.00 bits per heavy atom. The van der Waals surface area contributed by atoms with E-state index in [0.29, 0.717) is 39.3 Å². The number of rotatable bonds is 3. The number of hydrogen-bond donors (Lipinski definition) is 2. The maximum absolute atomic E-state index is 13.9. The number of carbonyl (C=O) groups is 2. The second-order valence-electron chi connectivity index (χ2n) is 10.2. The summed E-state index contributed by atoms with van der Waals surface area (Å²) >= 11 is 2.94. The number of amides is 1. The Balaban J connectivity index is 1.83. The summed E-state index contributed by atoms with van der Waals surface area (Å²) in [7, 11) is 0. The van der Waals surface area contributed by atoms with Gasteiger partial charge in [0.05, 0.1) is 5.57 Å². The highest BCUT2D eigenvalue weighted by Gasteiger charge is 2.61. The van der Waals surface area contributed by atoms with E-state index in [9.17, 15) is 14.9 Å². The fourth-order valence-corrected chi connectivity index (χ4v) is 7.40. The average molecular weight is 507 g/mol. The molecule has 2 aliphatic heterocycles. The van der Waals surface area contributed by atoms with Crippen LogP contribution in [0.25, 0.3) is 0 Å². The molecule has 1 aliphatic carbocycles. The Hall–Kier alpha value is -3.16. The minimum absolute atomic E-state index is 0.0411. The number of aromatic nitrogens is 2. The van der Waals surface area contributed by atoms with Crippen LogP contribution in [-0.4, -0.2) is 27.1 Å². The van der Waals surface area contributed by atoms with Gasteiger partial charge in [-0.15, -0.1) is 10.2 Å². The van der Waals surface area contributed by atoms with Gasteiger partial charge in [-0.05, 0) is 24.8 Å². The molecule has 0 unspecified atom stereocenters. The number of anilines is 2. The number of nitrogens with zero attached hydrogens (tertiary/aromatic N) is 4. The number of ketones is 1. The molecule has 5 rings (SSSR count). The first kappa shape index (κ1) is 23.6. The summed E-state index contributed by atoms with van der Waals surface area (Å²) in [5, 5.41) is 22.8. The summed E-state index contributed by atoms with van der Waals surface area (Å²) < 4.78 is 0.768. The lowest BCUT2D eigenvalue weighted by atomic mass is 9.61. The Kier molecular flexibility index (Phi) is 5.34. The maximum Gasteiger partial charge on any atom is 0.245 e. The van der Waals surface area contributed by atoms with Crippen LogP contribution in [0.4, 0.5) is 10.8 Å². The summed E-state index contributed by atoms with van der Waals surface area (Å²) in [5.41, 5.74) is 7.85. The standard InChI is InChI=1S/C25H26N6O2S2/c1-12(2)34-23-30-29-22(35-23)31-17-9-24(4,5)10-18(32)19(17)25(15(11-26)20(31)27)14-8-13(3)6-7-16(14)28-21(25)33/h6-8,12H,9-10,27H2,1-5H3,(H,28,33)/t25-/m1/s1. The van der Waals surface area contributed by atoms with Crippen LogP contribution in [0.2, 0.25) is 0 Å². The monoisotopic (exact) mass is 506 g/mol. The SMILES string of the molecule is Cc1ccc2c(c1)[C@@]1(C(=O)N2)C(C#N)=C(N)N(c2nnc(SC(C)C)s2)C2=C1C(=O)CC(C)(C)C2. The van der Waals surface area contributed by atoms with E-state index in [1.807, 2.05) is 39.0 Å². The number of allylic oxidation sites excluding steroid dienone is 1. The molecule has 0 saturated carbocycles. The largest absolute Gasteiger partial charge is 0.384 e. The van der Waals surface area contributed by atoms with Gasteiger partial charge in [-0.3, -0.25) is 14.5 Å². The van der Waals surface area contributed by atoms with Crippen LogP contribution in [0, 0.1) is 23.7 Å². The van der Waals surface area contributed by atoms with Crippen molar-refractivity contribution in [2.24, 2.45) is 11.1 Å². The van der Waals surface area contributed by atoms with Gasteiger partial charge in [0.2, 0.25) is 11.0 Å². The number of nitriles is 1. The lowest BCUT2D eigenvalue weighted by Crippen LogP contribution is -2.52. The van der Waals surface area contributed by atoms with Crippen molar-refractivity contribution in [1.29, 1.82) is 5.26 Å².